The van der Waals surface area contributed by atoms with E-state index in [4.69, 9.17) is 4.74 Å². The fourth-order valence-electron chi connectivity index (χ4n) is 3.14. The zero-order chi connectivity index (χ0) is 20.6. The Morgan fingerprint density at radius 2 is 1.71 bits per heavy atom. The van der Waals surface area contributed by atoms with Gasteiger partial charge in [-0.15, -0.1) is 0 Å². The molecule has 6 heteroatoms. The minimum absolute atomic E-state index is 0.360. The quantitative estimate of drug-likeness (QED) is 0.653. The Kier molecular flexibility index (Phi) is 4.98. The van der Waals surface area contributed by atoms with Gasteiger partial charge in [0.25, 0.3) is 5.56 Å². The Bertz CT molecular complexity index is 1170. The van der Waals surface area contributed by atoms with Gasteiger partial charge in [0.15, 0.2) is 0 Å². The molecule has 3 rings (SSSR count). The van der Waals surface area contributed by atoms with Gasteiger partial charge in [-0.05, 0) is 64.4 Å². The Balaban J connectivity index is 2.33. The Morgan fingerprint density at radius 3 is 2.36 bits per heavy atom. The van der Waals surface area contributed by atoms with Crippen molar-refractivity contribution >= 4 is 16.9 Å². The molecule has 0 amide bonds. The smallest absolute Gasteiger partial charge is 0.336 e. The van der Waals surface area contributed by atoms with E-state index < -0.39 is 28.9 Å². The molecule has 0 N–H and O–H groups in total. The molecule has 0 aliphatic carbocycles. The minimum atomic E-state index is -0.895. The molecule has 2 aromatic carbocycles. The third kappa shape index (κ3) is 3.63. The van der Waals surface area contributed by atoms with Crippen molar-refractivity contribution in [3.05, 3.63) is 74.9 Å². The number of nitrogens with zero attached hydrogens (tertiary/aromatic N) is 2. The topological polar surface area (TPSA) is 70.3 Å². The van der Waals surface area contributed by atoms with Gasteiger partial charge in [0.2, 0.25) is 0 Å². The fourth-order valence-corrected chi connectivity index (χ4v) is 3.14. The molecule has 6 nitrogen and oxygen atoms in total. The molecule has 0 fully saturated rings. The standard InChI is InChI=1S/C22H24N2O4/c1-14-9-8-10-16(13-14)24-19(25)17-11-6-7-12-18(17)23(21(24)27)15(2)20(26)28-22(3,4)5/h6-13,15H,1-5H3. The number of hydrogen-bond donors (Lipinski definition) is 0. The van der Waals surface area contributed by atoms with E-state index >= 15 is 0 Å². The van der Waals surface area contributed by atoms with Crippen molar-refractivity contribution in [3.8, 4) is 5.69 Å². The maximum absolute atomic E-state index is 13.3. The number of carbonyl (C=O) groups excluding carboxylic acids is 1. The van der Waals surface area contributed by atoms with Gasteiger partial charge in [-0.2, -0.15) is 0 Å². The average Bonchev–Trinajstić information content (AvgIpc) is 2.60. The van der Waals surface area contributed by atoms with Crippen LogP contribution in [0.3, 0.4) is 0 Å². The van der Waals surface area contributed by atoms with Crippen LogP contribution in [-0.4, -0.2) is 20.7 Å². The van der Waals surface area contributed by atoms with Gasteiger partial charge in [-0.25, -0.2) is 14.2 Å². The van der Waals surface area contributed by atoms with Crippen molar-refractivity contribution in [3.63, 3.8) is 0 Å². The van der Waals surface area contributed by atoms with E-state index in [0.717, 1.165) is 10.1 Å². The van der Waals surface area contributed by atoms with Crippen LogP contribution in [0.5, 0.6) is 0 Å². The Morgan fingerprint density at radius 1 is 1.04 bits per heavy atom. The van der Waals surface area contributed by atoms with Crippen molar-refractivity contribution < 1.29 is 9.53 Å². The Labute approximate surface area is 163 Å². The van der Waals surface area contributed by atoms with Crippen molar-refractivity contribution in [2.24, 2.45) is 0 Å². The molecule has 0 spiro atoms. The largest absolute Gasteiger partial charge is 0.458 e. The monoisotopic (exact) mass is 380 g/mol. The van der Waals surface area contributed by atoms with E-state index in [0.29, 0.717) is 16.6 Å². The molecule has 146 valence electrons. The number of ether oxygens (including phenoxy) is 1. The SMILES string of the molecule is Cc1cccc(-n2c(=O)c3ccccc3n(C(C)C(=O)OC(C)(C)C)c2=O)c1. The van der Waals surface area contributed by atoms with Crippen LogP contribution in [0, 0.1) is 6.92 Å². The second kappa shape index (κ2) is 7.11. The lowest BCUT2D eigenvalue weighted by Gasteiger charge is -2.24. The summed E-state index contributed by atoms with van der Waals surface area (Å²) in [5.74, 6) is -0.533. The molecular weight excluding hydrogens is 356 g/mol. The van der Waals surface area contributed by atoms with Gasteiger partial charge in [-0.1, -0.05) is 24.3 Å². The zero-order valence-corrected chi connectivity index (χ0v) is 16.7. The molecule has 0 saturated heterocycles. The number of carbonyl (C=O) groups is 1. The van der Waals surface area contributed by atoms with Crippen LogP contribution in [0.1, 0.15) is 39.3 Å². The molecule has 1 atom stereocenters. The lowest BCUT2D eigenvalue weighted by molar-refractivity contribution is -0.158. The molecule has 1 unspecified atom stereocenters. The van der Waals surface area contributed by atoms with Crippen LogP contribution in [0.25, 0.3) is 16.6 Å². The van der Waals surface area contributed by atoms with Crippen LogP contribution >= 0.6 is 0 Å². The molecule has 0 aliphatic rings. The molecular formula is C22H24N2O4. The maximum Gasteiger partial charge on any atom is 0.336 e. The number of fused-ring (bicyclic) bond motifs is 1. The van der Waals surface area contributed by atoms with E-state index in [9.17, 15) is 14.4 Å². The van der Waals surface area contributed by atoms with Gasteiger partial charge in [0.1, 0.15) is 11.6 Å². The highest BCUT2D eigenvalue weighted by atomic mass is 16.6. The number of benzene rings is 2. The molecule has 1 aromatic heterocycles. The van der Waals surface area contributed by atoms with Gasteiger partial charge < -0.3 is 4.74 Å². The summed E-state index contributed by atoms with van der Waals surface area (Å²) in [5.41, 5.74) is 0.108. The maximum atomic E-state index is 13.3. The normalized spacial score (nSPS) is 12.8. The van der Waals surface area contributed by atoms with Crippen LogP contribution in [0.2, 0.25) is 0 Å². The minimum Gasteiger partial charge on any atom is -0.458 e. The van der Waals surface area contributed by atoms with Crippen molar-refractivity contribution in [2.45, 2.75) is 46.3 Å². The summed E-state index contributed by atoms with van der Waals surface area (Å²) < 4.78 is 7.90. The molecule has 0 radical (unpaired) electrons. The highest BCUT2D eigenvalue weighted by Crippen LogP contribution is 2.18. The number of rotatable bonds is 3. The number of hydrogen-bond acceptors (Lipinski definition) is 4. The van der Waals surface area contributed by atoms with Gasteiger partial charge in [0.05, 0.1) is 16.6 Å². The van der Waals surface area contributed by atoms with Gasteiger partial charge in [-0.3, -0.25) is 9.36 Å². The first-order valence-corrected chi connectivity index (χ1v) is 9.16. The summed E-state index contributed by atoms with van der Waals surface area (Å²) in [7, 11) is 0. The predicted octanol–water partition coefficient (Wildman–Crippen LogP) is 3.36. The van der Waals surface area contributed by atoms with Crippen LogP contribution in [0.4, 0.5) is 0 Å². The second-order valence-electron chi connectivity index (χ2n) is 7.86. The molecule has 0 bridgehead atoms. The highest BCUT2D eigenvalue weighted by Gasteiger charge is 2.27. The number of para-hydroxylation sites is 1. The summed E-state index contributed by atoms with van der Waals surface area (Å²) in [6, 6.07) is 13.0. The van der Waals surface area contributed by atoms with E-state index in [1.165, 1.54) is 4.57 Å². The Hall–Kier alpha value is -3.15. The summed E-state index contributed by atoms with van der Waals surface area (Å²) in [4.78, 5) is 39.1. The second-order valence-corrected chi connectivity index (χ2v) is 7.86. The average molecular weight is 380 g/mol. The van der Waals surface area contributed by atoms with E-state index in [-0.39, 0.29) is 0 Å². The number of esters is 1. The molecule has 3 aromatic rings. The first-order valence-electron chi connectivity index (χ1n) is 9.16. The lowest BCUT2D eigenvalue weighted by atomic mass is 10.1. The van der Waals surface area contributed by atoms with Crippen LogP contribution in [0.15, 0.2) is 58.1 Å². The first-order chi connectivity index (χ1) is 13.1. The number of aromatic nitrogens is 2. The van der Waals surface area contributed by atoms with E-state index in [1.54, 1.807) is 70.2 Å². The third-order valence-corrected chi connectivity index (χ3v) is 4.39. The van der Waals surface area contributed by atoms with Gasteiger partial charge >= 0.3 is 11.7 Å². The van der Waals surface area contributed by atoms with E-state index in [1.807, 2.05) is 13.0 Å². The highest BCUT2D eigenvalue weighted by molar-refractivity contribution is 5.82. The summed E-state index contributed by atoms with van der Waals surface area (Å²) in [5, 5.41) is 0.360. The zero-order valence-electron chi connectivity index (χ0n) is 16.7. The summed E-state index contributed by atoms with van der Waals surface area (Å²) >= 11 is 0. The lowest BCUT2D eigenvalue weighted by Crippen LogP contribution is -2.42. The first kappa shape index (κ1) is 19.6. The summed E-state index contributed by atoms with van der Waals surface area (Å²) in [6.45, 7) is 8.80. The predicted molar refractivity (Wildman–Crippen MR) is 109 cm³/mol. The molecule has 0 aliphatic heterocycles. The molecule has 1 heterocycles. The van der Waals surface area contributed by atoms with Gasteiger partial charge in [0, 0.05) is 0 Å². The summed E-state index contributed by atoms with van der Waals surface area (Å²) in [6.07, 6.45) is 0. The van der Waals surface area contributed by atoms with Crippen molar-refractivity contribution in [1.29, 1.82) is 0 Å². The molecule has 0 saturated carbocycles. The van der Waals surface area contributed by atoms with Crippen molar-refractivity contribution in [1.82, 2.24) is 9.13 Å². The van der Waals surface area contributed by atoms with E-state index in [2.05, 4.69) is 0 Å². The molecule has 28 heavy (non-hydrogen) atoms. The number of aryl methyl sites for hydroxylation is 1. The van der Waals surface area contributed by atoms with Crippen LogP contribution in [-0.2, 0) is 9.53 Å². The van der Waals surface area contributed by atoms with Crippen LogP contribution < -0.4 is 11.2 Å². The van der Waals surface area contributed by atoms with Crippen molar-refractivity contribution in [2.75, 3.05) is 0 Å². The third-order valence-electron chi connectivity index (χ3n) is 4.39. The fraction of sp³-hybridized carbons (Fsp3) is 0.318.